The van der Waals surface area contributed by atoms with Gasteiger partial charge in [-0.2, -0.15) is 0 Å². The van der Waals surface area contributed by atoms with Crippen LogP contribution in [0.25, 0.3) is 0 Å². The molecule has 2 rings (SSSR count). The van der Waals surface area contributed by atoms with Crippen LogP contribution >= 0.6 is 54.8 Å². The molecule has 5 heteroatoms. The van der Waals surface area contributed by atoms with E-state index in [4.69, 9.17) is 16.0 Å². The van der Waals surface area contributed by atoms with Crippen molar-refractivity contribution in [3.63, 3.8) is 0 Å². The van der Waals surface area contributed by atoms with Gasteiger partial charge in [0.25, 0.3) is 0 Å². The van der Waals surface area contributed by atoms with E-state index < -0.39 is 0 Å². The second-order valence-electron chi connectivity index (χ2n) is 3.08. The van der Waals surface area contributed by atoms with Crippen LogP contribution in [0.4, 0.5) is 0 Å². The molecule has 80 valence electrons. The van der Waals surface area contributed by atoms with Gasteiger partial charge < -0.3 is 4.42 Å². The molecular weight excluding hydrogens is 363 g/mol. The molecule has 1 nitrogen and oxygen atoms in total. The maximum atomic E-state index is 5.99. The Bertz CT molecular complexity index is 458. The van der Waals surface area contributed by atoms with Gasteiger partial charge in [-0.05, 0) is 41.1 Å². The molecule has 0 aromatic carbocycles. The highest BCUT2D eigenvalue weighted by Crippen LogP contribution is 2.41. The predicted molar refractivity (Wildman–Crippen MR) is 71.2 cm³/mol. The Morgan fingerprint density at radius 1 is 1.47 bits per heavy atom. The van der Waals surface area contributed by atoms with Crippen molar-refractivity contribution in [2.45, 2.75) is 11.8 Å². The number of alkyl halides is 1. The number of thiophene rings is 1. The Morgan fingerprint density at radius 3 is 2.67 bits per heavy atom. The van der Waals surface area contributed by atoms with Crippen molar-refractivity contribution in [3.8, 4) is 0 Å². The molecule has 2 aromatic rings. The third-order valence-electron chi connectivity index (χ3n) is 1.92. The highest BCUT2D eigenvalue weighted by Gasteiger charge is 2.17. The minimum absolute atomic E-state index is 0.0694. The second kappa shape index (κ2) is 4.62. The lowest BCUT2D eigenvalue weighted by Gasteiger charge is -2.02. The molecule has 0 saturated heterocycles. The molecule has 15 heavy (non-hydrogen) atoms. The monoisotopic (exact) mass is 368 g/mol. The molecule has 1 atom stereocenters. The maximum absolute atomic E-state index is 5.99. The zero-order valence-corrected chi connectivity index (χ0v) is 12.5. The summed E-state index contributed by atoms with van der Waals surface area (Å²) in [4.78, 5) is 1.20. The molecule has 0 saturated carbocycles. The van der Waals surface area contributed by atoms with Crippen molar-refractivity contribution < 1.29 is 4.42 Å². The highest BCUT2D eigenvalue weighted by molar-refractivity contribution is 9.10. The lowest BCUT2D eigenvalue weighted by atomic mass is 10.3. The van der Waals surface area contributed by atoms with E-state index in [9.17, 15) is 0 Å². The first kappa shape index (κ1) is 11.7. The highest BCUT2D eigenvalue weighted by atomic mass is 79.9. The molecule has 1 unspecified atom stereocenters. The van der Waals surface area contributed by atoms with Gasteiger partial charge in [-0.1, -0.05) is 27.5 Å². The second-order valence-corrected chi connectivity index (χ2v) is 6.54. The van der Waals surface area contributed by atoms with Crippen LogP contribution in [0.15, 0.2) is 27.1 Å². The Balaban J connectivity index is 2.31. The van der Waals surface area contributed by atoms with E-state index in [2.05, 4.69) is 31.9 Å². The number of rotatable bonds is 2. The van der Waals surface area contributed by atoms with Crippen LogP contribution in [0.1, 0.15) is 21.2 Å². The largest absolute Gasteiger partial charge is 0.465 e. The van der Waals surface area contributed by atoms with Gasteiger partial charge in [0.1, 0.15) is 20.7 Å². The average molecular weight is 370 g/mol. The van der Waals surface area contributed by atoms with E-state index >= 15 is 0 Å². The molecular formula is C10H7Br2ClOS. The van der Waals surface area contributed by atoms with E-state index in [-0.39, 0.29) is 4.83 Å². The van der Waals surface area contributed by atoms with E-state index in [1.807, 2.05) is 25.1 Å². The Labute approximate surface area is 114 Å². The van der Waals surface area contributed by atoms with Crippen LogP contribution in [0.5, 0.6) is 0 Å². The Hall–Kier alpha value is 0.230. The number of furan rings is 1. The number of aryl methyl sites for hydroxylation is 1. The van der Waals surface area contributed by atoms with Crippen molar-refractivity contribution in [2.75, 3.05) is 0 Å². The van der Waals surface area contributed by atoms with Crippen molar-refractivity contribution >= 4 is 54.8 Å². The van der Waals surface area contributed by atoms with Crippen molar-refractivity contribution in [3.05, 3.63) is 43.4 Å². The third-order valence-corrected chi connectivity index (χ3v) is 5.71. The fourth-order valence-corrected chi connectivity index (χ4v) is 3.60. The van der Waals surface area contributed by atoms with Crippen molar-refractivity contribution in [1.29, 1.82) is 0 Å². The lowest BCUT2D eigenvalue weighted by molar-refractivity contribution is 0.493. The normalized spacial score (nSPS) is 13.1. The standard InChI is InChI=1S/C10H7Br2ClOS/c1-5-2-3-7(14-5)9(12)8-4-6(11)10(13)15-8/h2-4,9H,1H3. The van der Waals surface area contributed by atoms with Gasteiger partial charge in [0.2, 0.25) is 0 Å². The molecule has 0 aliphatic carbocycles. The molecule has 0 aliphatic heterocycles. The average Bonchev–Trinajstić information content (AvgIpc) is 2.74. The quantitative estimate of drug-likeness (QED) is 0.632. The Kier molecular flexibility index (Phi) is 3.60. The fraction of sp³-hybridized carbons (Fsp3) is 0.200. The first-order chi connectivity index (χ1) is 7.08. The summed E-state index contributed by atoms with van der Waals surface area (Å²) in [5.74, 6) is 1.81. The van der Waals surface area contributed by atoms with E-state index in [0.717, 1.165) is 25.2 Å². The fourth-order valence-electron chi connectivity index (χ4n) is 1.22. The first-order valence-electron chi connectivity index (χ1n) is 4.23. The molecule has 0 spiro atoms. The zero-order chi connectivity index (χ0) is 11.0. The molecule has 0 aliphatic rings. The van der Waals surface area contributed by atoms with E-state index in [1.165, 1.54) is 11.3 Å². The number of halogens is 3. The molecule has 2 aromatic heterocycles. The first-order valence-corrected chi connectivity index (χ1v) is 7.13. The van der Waals surface area contributed by atoms with Crippen molar-refractivity contribution in [2.24, 2.45) is 0 Å². The van der Waals surface area contributed by atoms with Crippen LogP contribution in [0.3, 0.4) is 0 Å². The van der Waals surface area contributed by atoms with Gasteiger partial charge in [-0.3, -0.25) is 0 Å². The maximum Gasteiger partial charge on any atom is 0.123 e. The number of hydrogen-bond acceptors (Lipinski definition) is 2. The van der Waals surface area contributed by atoms with Gasteiger partial charge >= 0.3 is 0 Å². The van der Waals surface area contributed by atoms with E-state index in [1.54, 1.807) is 0 Å². The topological polar surface area (TPSA) is 13.1 Å². The molecule has 0 amide bonds. The molecule has 0 bridgehead atoms. The molecule has 0 N–H and O–H groups in total. The minimum Gasteiger partial charge on any atom is -0.465 e. The van der Waals surface area contributed by atoms with Gasteiger partial charge in [0.15, 0.2) is 0 Å². The van der Waals surface area contributed by atoms with Crippen LogP contribution in [0, 0.1) is 6.92 Å². The van der Waals surface area contributed by atoms with Crippen LogP contribution in [0.2, 0.25) is 4.34 Å². The van der Waals surface area contributed by atoms with Gasteiger partial charge in [0.05, 0.1) is 0 Å². The van der Waals surface area contributed by atoms with Gasteiger partial charge in [-0.15, -0.1) is 11.3 Å². The lowest BCUT2D eigenvalue weighted by Crippen LogP contribution is -1.85. The van der Waals surface area contributed by atoms with Gasteiger partial charge in [0, 0.05) is 9.35 Å². The van der Waals surface area contributed by atoms with Crippen molar-refractivity contribution in [1.82, 2.24) is 0 Å². The molecule has 0 radical (unpaired) electrons. The van der Waals surface area contributed by atoms with Gasteiger partial charge in [-0.25, -0.2) is 0 Å². The summed E-state index contributed by atoms with van der Waals surface area (Å²) < 4.78 is 7.24. The summed E-state index contributed by atoms with van der Waals surface area (Å²) in [5.41, 5.74) is 0. The predicted octanol–water partition coefficient (Wildman–Crippen LogP) is 5.55. The smallest absolute Gasteiger partial charge is 0.123 e. The van der Waals surface area contributed by atoms with Crippen LogP contribution in [-0.2, 0) is 0 Å². The third kappa shape index (κ3) is 2.49. The summed E-state index contributed by atoms with van der Waals surface area (Å²) in [6.45, 7) is 1.93. The summed E-state index contributed by atoms with van der Waals surface area (Å²) in [5, 5.41) is 0. The summed E-state index contributed by atoms with van der Waals surface area (Å²) in [6, 6.07) is 5.93. The summed E-state index contributed by atoms with van der Waals surface area (Å²) in [7, 11) is 0. The Morgan fingerprint density at radius 2 is 2.20 bits per heavy atom. The number of hydrogen-bond donors (Lipinski definition) is 0. The van der Waals surface area contributed by atoms with E-state index in [0.29, 0.717) is 0 Å². The van der Waals surface area contributed by atoms with Crippen LogP contribution in [-0.4, -0.2) is 0 Å². The SMILES string of the molecule is Cc1ccc(C(Br)c2cc(Br)c(Cl)s2)o1. The van der Waals surface area contributed by atoms with Crippen LogP contribution < -0.4 is 0 Å². The molecule has 0 fully saturated rings. The minimum atomic E-state index is 0.0694. The zero-order valence-electron chi connectivity index (χ0n) is 7.76. The molecule has 2 heterocycles. The summed E-state index contributed by atoms with van der Waals surface area (Å²) >= 11 is 14.5. The summed E-state index contributed by atoms with van der Waals surface area (Å²) in [6.07, 6.45) is 0.